The third-order valence-electron chi connectivity index (χ3n) is 8.68. The number of hydrogen-bond donors (Lipinski definition) is 6. The minimum atomic E-state index is -4.04. The molecule has 2 aromatic carbocycles. The number of sulfonamides is 1. The quantitative estimate of drug-likeness (QED) is 0.0574. The van der Waals surface area contributed by atoms with E-state index in [1.165, 1.54) is 0 Å². The van der Waals surface area contributed by atoms with Crippen molar-refractivity contribution < 1.29 is 27.6 Å². The molecule has 258 valence electrons. The number of piperidine rings is 1. The fourth-order valence-electron chi connectivity index (χ4n) is 5.86. The number of rotatable bonds is 17. The molecule has 0 saturated carbocycles. The van der Waals surface area contributed by atoms with Gasteiger partial charge in [-0.25, -0.2) is 8.42 Å². The van der Waals surface area contributed by atoms with Gasteiger partial charge in [-0.2, -0.15) is 4.72 Å². The van der Waals surface area contributed by atoms with E-state index < -0.39 is 29.1 Å². The molecule has 0 radical (unpaired) electrons. The van der Waals surface area contributed by atoms with Crippen molar-refractivity contribution in [1.29, 1.82) is 5.41 Å². The van der Waals surface area contributed by atoms with Crippen LogP contribution in [0.15, 0.2) is 59.5 Å². The van der Waals surface area contributed by atoms with Gasteiger partial charge in [0, 0.05) is 31.2 Å². The van der Waals surface area contributed by atoms with Crippen LogP contribution in [-0.2, 0) is 24.8 Å². The molecule has 1 heterocycles. The van der Waals surface area contributed by atoms with E-state index in [2.05, 4.69) is 10.0 Å². The summed E-state index contributed by atoms with van der Waals surface area (Å²) in [6, 6.07) is 15.8. The number of carbonyl (C=O) groups excluding carboxylic acids is 1. The van der Waals surface area contributed by atoms with Crippen LogP contribution in [0.2, 0.25) is 0 Å². The average molecular weight is 745 g/mol. The third kappa shape index (κ3) is 12.7. The van der Waals surface area contributed by atoms with Gasteiger partial charge in [0.2, 0.25) is 15.9 Å². The van der Waals surface area contributed by atoms with Crippen molar-refractivity contribution >= 4 is 46.5 Å². The van der Waals surface area contributed by atoms with Crippen LogP contribution in [-0.4, -0.2) is 66.8 Å². The number of likely N-dealkylation sites (tertiary alicyclic amines) is 1. The van der Waals surface area contributed by atoms with Crippen molar-refractivity contribution in [2.45, 2.75) is 88.0 Å². The molecule has 1 atom stereocenters. The van der Waals surface area contributed by atoms with Crippen LogP contribution in [0.5, 0.6) is 0 Å². The van der Waals surface area contributed by atoms with Crippen molar-refractivity contribution in [3.05, 3.63) is 65.7 Å². The van der Waals surface area contributed by atoms with Gasteiger partial charge in [-0.15, -0.1) is 17.0 Å². The molecule has 2 aromatic rings. The summed E-state index contributed by atoms with van der Waals surface area (Å²) in [5, 5.41) is 10.1. The topological polar surface area (TPSA) is 186 Å². The molecule has 46 heavy (non-hydrogen) atoms. The highest BCUT2D eigenvalue weighted by Gasteiger charge is 2.32. The van der Waals surface area contributed by atoms with E-state index in [0.717, 1.165) is 49.7 Å². The highest BCUT2D eigenvalue weighted by molar-refractivity contribution is 8.93. The highest BCUT2D eigenvalue weighted by Crippen LogP contribution is 2.36. The molecule has 1 aliphatic rings. The summed E-state index contributed by atoms with van der Waals surface area (Å²) in [6.07, 6.45) is 6.49. The number of unbranched alkanes of at least 4 members (excludes halogenated alkanes) is 3. The number of nitrogens with two attached hydrogens (primary N) is 1. The number of benzene rings is 2. The number of nitrogens with one attached hydrogen (secondary N) is 3. The zero-order chi connectivity index (χ0) is 33.1. The number of halogens is 1. The number of hydrogen-bond acceptors (Lipinski definition) is 5. The number of carbonyl (C=O) groups is 1. The summed E-state index contributed by atoms with van der Waals surface area (Å²) in [5.74, 6) is 0.0275. The van der Waals surface area contributed by atoms with Gasteiger partial charge in [-0.1, -0.05) is 82.0 Å². The lowest BCUT2D eigenvalue weighted by Gasteiger charge is -2.34. The molecule has 0 aliphatic carbocycles. The van der Waals surface area contributed by atoms with Gasteiger partial charge in [0.25, 0.3) is 0 Å². The van der Waals surface area contributed by atoms with Crippen molar-refractivity contribution in [3.8, 4) is 0 Å². The molecule has 11 nitrogen and oxygen atoms in total. The molecular formula is C32H51BrN5O6PS. The van der Waals surface area contributed by atoms with Crippen molar-refractivity contribution in [1.82, 2.24) is 14.9 Å². The maximum Gasteiger partial charge on any atom is 0.325 e. The summed E-state index contributed by atoms with van der Waals surface area (Å²) in [4.78, 5) is 33.5. The lowest BCUT2D eigenvalue weighted by Crippen LogP contribution is -2.51. The first-order valence-corrected chi connectivity index (χ1v) is 19.1. The zero-order valence-electron chi connectivity index (χ0n) is 26.9. The molecule has 0 aromatic heterocycles. The lowest BCUT2D eigenvalue weighted by molar-refractivity contribution is -0.134. The van der Waals surface area contributed by atoms with E-state index in [-0.39, 0.29) is 46.3 Å². The Bertz CT molecular complexity index is 1420. The first-order valence-electron chi connectivity index (χ1n) is 15.8. The van der Waals surface area contributed by atoms with Gasteiger partial charge in [-0.05, 0) is 61.3 Å². The monoisotopic (exact) mass is 743 g/mol. The van der Waals surface area contributed by atoms with Gasteiger partial charge >= 0.3 is 7.60 Å². The Hall–Kier alpha value is -2.28. The van der Waals surface area contributed by atoms with E-state index in [0.29, 0.717) is 38.4 Å². The van der Waals surface area contributed by atoms with Crippen molar-refractivity contribution in [3.63, 3.8) is 0 Å². The maximum atomic E-state index is 13.7. The minimum absolute atomic E-state index is 0. The Labute approximate surface area is 284 Å². The lowest BCUT2D eigenvalue weighted by atomic mass is 9.78. The molecule has 1 amide bonds. The molecule has 14 heteroatoms. The van der Waals surface area contributed by atoms with Crippen LogP contribution in [0.25, 0.3) is 0 Å². The van der Waals surface area contributed by atoms with E-state index in [1.54, 1.807) is 23.1 Å². The Kier molecular flexibility index (Phi) is 15.9. The predicted molar refractivity (Wildman–Crippen MR) is 188 cm³/mol. The number of amides is 1. The molecule has 1 aliphatic heterocycles. The smallest absolute Gasteiger partial charge is 0.325 e. The summed E-state index contributed by atoms with van der Waals surface area (Å²) >= 11 is 0. The summed E-state index contributed by atoms with van der Waals surface area (Å²) < 4.78 is 41.1. The Morgan fingerprint density at radius 2 is 1.65 bits per heavy atom. The van der Waals surface area contributed by atoms with Crippen LogP contribution in [0.4, 0.5) is 0 Å². The van der Waals surface area contributed by atoms with Gasteiger partial charge in [0.15, 0.2) is 5.96 Å². The molecule has 0 spiro atoms. The first-order chi connectivity index (χ1) is 21.2. The maximum absolute atomic E-state index is 13.7. The standard InChI is InChI=1S/C32H50N5O6PS.BrH/c1-32(2,26-13-7-5-8-14-26)27-15-10-16-28(24-27)45(42,43)36-29(17-11-20-35-31(33)34)30(38)37-21-18-25(19-22-37)12-6-3-4-9-23-44(39,40)41;/h5,7-8,10,13-16,24-25,29,36H,3-4,6,9,11-12,17-23H2,1-2H3,(H4,33,34,35)(H2,39,40,41);1H. The molecule has 0 bridgehead atoms. The van der Waals surface area contributed by atoms with Crippen LogP contribution < -0.4 is 15.8 Å². The summed E-state index contributed by atoms with van der Waals surface area (Å²) in [5.41, 5.74) is 6.86. The highest BCUT2D eigenvalue weighted by atomic mass is 79.9. The third-order valence-corrected chi connectivity index (χ3v) is 11.0. The largest absolute Gasteiger partial charge is 0.370 e. The average Bonchev–Trinajstić information content (AvgIpc) is 3.00. The second-order valence-electron chi connectivity index (χ2n) is 12.5. The second-order valence-corrected chi connectivity index (χ2v) is 16.0. The molecule has 3 rings (SSSR count). The van der Waals surface area contributed by atoms with Crippen molar-refractivity contribution in [2.24, 2.45) is 11.7 Å². The second kappa shape index (κ2) is 18.3. The van der Waals surface area contributed by atoms with Gasteiger partial charge in [0.05, 0.1) is 4.90 Å². The van der Waals surface area contributed by atoms with E-state index in [1.807, 2.05) is 50.2 Å². The Balaban J connectivity index is 0.00000736. The summed E-state index contributed by atoms with van der Waals surface area (Å²) in [7, 11) is -7.96. The SMILES string of the molecule is Br.CC(C)(c1ccccc1)c1cccc(S(=O)(=O)NC(CCCNC(=N)N)C(=O)N2CCC(CCCCCCP(=O)(O)O)CC2)c1. The van der Waals surface area contributed by atoms with Crippen LogP contribution >= 0.6 is 24.6 Å². The van der Waals surface area contributed by atoms with E-state index in [4.69, 9.17) is 20.9 Å². The van der Waals surface area contributed by atoms with E-state index >= 15 is 0 Å². The van der Waals surface area contributed by atoms with Crippen LogP contribution in [0, 0.1) is 11.3 Å². The van der Waals surface area contributed by atoms with Gasteiger partial charge in [0.1, 0.15) is 6.04 Å². The fraction of sp³-hybridized carbons (Fsp3) is 0.562. The predicted octanol–water partition coefficient (Wildman–Crippen LogP) is 4.87. The van der Waals surface area contributed by atoms with Crippen molar-refractivity contribution in [2.75, 3.05) is 25.8 Å². The molecule has 7 N–H and O–H groups in total. The molecular weight excluding hydrogens is 693 g/mol. The number of nitrogens with zero attached hydrogens (tertiary/aromatic N) is 1. The first kappa shape index (κ1) is 39.9. The van der Waals surface area contributed by atoms with Gasteiger partial charge < -0.3 is 25.7 Å². The van der Waals surface area contributed by atoms with Crippen LogP contribution in [0.1, 0.15) is 82.8 Å². The molecule has 1 unspecified atom stereocenters. The Morgan fingerprint density at radius 1 is 1.02 bits per heavy atom. The normalized spacial score (nSPS) is 15.2. The van der Waals surface area contributed by atoms with Crippen LogP contribution in [0.3, 0.4) is 0 Å². The van der Waals surface area contributed by atoms with Gasteiger partial charge in [-0.3, -0.25) is 14.8 Å². The summed E-state index contributed by atoms with van der Waals surface area (Å²) in [6.45, 7) is 5.54. The fourth-order valence-corrected chi connectivity index (χ4v) is 7.76. The number of guanidine groups is 1. The zero-order valence-corrected chi connectivity index (χ0v) is 30.3. The molecule has 1 saturated heterocycles. The minimum Gasteiger partial charge on any atom is -0.370 e. The van der Waals surface area contributed by atoms with E-state index in [9.17, 15) is 17.8 Å². The molecule has 1 fully saturated rings. The Morgan fingerprint density at radius 3 is 2.28 bits per heavy atom.